The molecule has 3 heteroatoms. The fourth-order valence-electron chi connectivity index (χ4n) is 2.51. The Bertz CT molecular complexity index is 341. The Labute approximate surface area is 108 Å². The third-order valence-corrected chi connectivity index (χ3v) is 3.91. The number of hydrogen-bond acceptors (Lipinski definition) is 2. The minimum absolute atomic E-state index is 0.286. The zero-order valence-electron chi connectivity index (χ0n) is 10.1. The standard InChI is InChI=1S/C14H20ClNO/c15-13-7-4-8-14(17)12(13)10-16-9-11-5-2-1-3-6-11/h4,7-8,11,16-17H,1-3,5-6,9-10H2. The van der Waals surface area contributed by atoms with Gasteiger partial charge in [-0.2, -0.15) is 0 Å². The summed E-state index contributed by atoms with van der Waals surface area (Å²) in [5.41, 5.74) is 0.810. The van der Waals surface area contributed by atoms with Crippen LogP contribution in [0.3, 0.4) is 0 Å². The molecule has 94 valence electrons. The van der Waals surface area contributed by atoms with E-state index in [0.717, 1.165) is 18.0 Å². The number of rotatable bonds is 4. The summed E-state index contributed by atoms with van der Waals surface area (Å²) < 4.78 is 0. The van der Waals surface area contributed by atoms with Crippen molar-refractivity contribution in [3.8, 4) is 5.75 Å². The number of nitrogens with one attached hydrogen (secondary N) is 1. The van der Waals surface area contributed by atoms with Crippen molar-refractivity contribution in [1.82, 2.24) is 5.32 Å². The Kier molecular flexibility index (Phi) is 4.69. The normalized spacial score (nSPS) is 17.2. The van der Waals surface area contributed by atoms with Crippen molar-refractivity contribution in [1.29, 1.82) is 0 Å². The second-order valence-corrected chi connectivity index (χ2v) is 5.28. The molecule has 1 aliphatic carbocycles. The Hall–Kier alpha value is -0.730. The van der Waals surface area contributed by atoms with Crippen LogP contribution in [0, 0.1) is 5.92 Å². The summed E-state index contributed by atoms with van der Waals surface area (Å²) in [7, 11) is 0. The monoisotopic (exact) mass is 253 g/mol. The second-order valence-electron chi connectivity index (χ2n) is 4.87. The van der Waals surface area contributed by atoms with E-state index in [1.807, 2.05) is 6.07 Å². The van der Waals surface area contributed by atoms with Gasteiger partial charge in [0.2, 0.25) is 0 Å². The third kappa shape index (κ3) is 3.62. The fourth-order valence-corrected chi connectivity index (χ4v) is 2.75. The van der Waals surface area contributed by atoms with E-state index in [2.05, 4.69) is 5.32 Å². The van der Waals surface area contributed by atoms with Gasteiger partial charge in [-0.15, -0.1) is 0 Å². The first-order valence-corrected chi connectivity index (χ1v) is 6.82. The van der Waals surface area contributed by atoms with Crippen molar-refractivity contribution in [3.05, 3.63) is 28.8 Å². The van der Waals surface area contributed by atoms with Crippen LogP contribution in [0.5, 0.6) is 5.75 Å². The Balaban J connectivity index is 1.81. The number of phenolic OH excluding ortho intramolecular Hbond substituents is 1. The number of hydrogen-bond donors (Lipinski definition) is 2. The molecule has 0 aromatic heterocycles. The summed E-state index contributed by atoms with van der Waals surface area (Å²) >= 11 is 6.05. The molecule has 2 N–H and O–H groups in total. The molecule has 1 fully saturated rings. The summed E-state index contributed by atoms with van der Waals surface area (Å²) in [5.74, 6) is 1.09. The molecule has 0 saturated heterocycles. The van der Waals surface area contributed by atoms with Gasteiger partial charge in [-0.05, 0) is 37.4 Å². The van der Waals surface area contributed by atoms with Crippen LogP contribution in [0.2, 0.25) is 5.02 Å². The van der Waals surface area contributed by atoms with Crippen LogP contribution in [-0.2, 0) is 6.54 Å². The van der Waals surface area contributed by atoms with E-state index < -0.39 is 0 Å². The lowest BCUT2D eigenvalue weighted by Crippen LogP contribution is -2.24. The van der Waals surface area contributed by atoms with E-state index in [1.165, 1.54) is 32.1 Å². The maximum absolute atomic E-state index is 9.70. The molecule has 0 amide bonds. The largest absolute Gasteiger partial charge is 0.508 e. The van der Waals surface area contributed by atoms with Gasteiger partial charge in [-0.25, -0.2) is 0 Å². The molecule has 2 nitrogen and oxygen atoms in total. The lowest BCUT2D eigenvalue weighted by atomic mass is 9.89. The molecular weight excluding hydrogens is 234 g/mol. The predicted octanol–water partition coefficient (Wildman–Crippen LogP) is 3.72. The molecule has 0 bridgehead atoms. The fraction of sp³-hybridized carbons (Fsp3) is 0.571. The average Bonchev–Trinajstić information content (AvgIpc) is 2.34. The number of benzene rings is 1. The first-order chi connectivity index (χ1) is 8.27. The van der Waals surface area contributed by atoms with Gasteiger partial charge in [0.15, 0.2) is 0 Å². The van der Waals surface area contributed by atoms with Gasteiger partial charge in [0.1, 0.15) is 5.75 Å². The first kappa shape index (κ1) is 12.7. The zero-order chi connectivity index (χ0) is 12.1. The average molecular weight is 254 g/mol. The molecule has 0 unspecified atom stereocenters. The molecule has 1 saturated carbocycles. The lowest BCUT2D eigenvalue weighted by Gasteiger charge is -2.22. The molecule has 17 heavy (non-hydrogen) atoms. The van der Waals surface area contributed by atoms with Crippen LogP contribution in [0.1, 0.15) is 37.7 Å². The van der Waals surface area contributed by atoms with Crippen LogP contribution < -0.4 is 5.32 Å². The van der Waals surface area contributed by atoms with Gasteiger partial charge >= 0.3 is 0 Å². The SMILES string of the molecule is Oc1cccc(Cl)c1CNCC1CCCCC1. The van der Waals surface area contributed by atoms with Gasteiger partial charge in [0.25, 0.3) is 0 Å². The third-order valence-electron chi connectivity index (χ3n) is 3.55. The van der Waals surface area contributed by atoms with E-state index in [1.54, 1.807) is 12.1 Å². The molecule has 0 atom stereocenters. The number of phenols is 1. The summed E-state index contributed by atoms with van der Waals surface area (Å²) in [6.45, 7) is 1.69. The van der Waals surface area contributed by atoms with Crippen molar-refractivity contribution in [2.45, 2.75) is 38.6 Å². The van der Waals surface area contributed by atoms with Crippen LogP contribution in [0.15, 0.2) is 18.2 Å². The van der Waals surface area contributed by atoms with Crippen molar-refractivity contribution in [2.75, 3.05) is 6.54 Å². The zero-order valence-corrected chi connectivity index (χ0v) is 10.8. The number of aromatic hydroxyl groups is 1. The van der Waals surface area contributed by atoms with Crippen LogP contribution >= 0.6 is 11.6 Å². The highest BCUT2D eigenvalue weighted by molar-refractivity contribution is 6.31. The van der Waals surface area contributed by atoms with E-state index in [0.29, 0.717) is 11.6 Å². The molecule has 1 aromatic rings. The number of halogens is 1. The quantitative estimate of drug-likeness (QED) is 0.857. The van der Waals surface area contributed by atoms with E-state index in [4.69, 9.17) is 11.6 Å². The van der Waals surface area contributed by atoms with Gasteiger partial charge in [0.05, 0.1) is 0 Å². The Morgan fingerprint density at radius 3 is 2.71 bits per heavy atom. The topological polar surface area (TPSA) is 32.3 Å². The van der Waals surface area contributed by atoms with Crippen LogP contribution in [0.4, 0.5) is 0 Å². The molecule has 0 aliphatic heterocycles. The van der Waals surface area contributed by atoms with E-state index >= 15 is 0 Å². The van der Waals surface area contributed by atoms with Crippen molar-refractivity contribution >= 4 is 11.6 Å². The minimum atomic E-state index is 0.286. The van der Waals surface area contributed by atoms with Crippen molar-refractivity contribution in [3.63, 3.8) is 0 Å². The van der Waals surface area contributed by atoms with E-state index in [-0.39, 0.29) is 5.75 Å². The van der Waals surface area contributed by atoms with E-state index in [9.17, 15) is 5.11 Å². The maximum atomic E-state index is 9.70. The maximum Gasteiger partial charge on any atom is 0.121 e. The van der Waals surface area contributed by atoms with Gasteiger partial charge in [0, 0.05) is 17.1 Å². The van der Waals surface area contributed by atoms with Gasteiger partial charge in [-0.3, -0.25) is 0 Å². The molecule has 2 rings (SSSR count). The first-order valence-electron chi connectivity index (χ1n) is 6.44. The van der Waals surface area contributed by atoms with Gasteiger partial charge < -0.3 is 10.4 Å². The van der Waals surface area contributed by atoms with Crippen LogP contribution in [0.25, 0.3) is 0 Å². The Morgan fingerprint density at radius 1 is 1.24 bits per heavy atom. The smallest absolute Gasteiger partial charge is 0.121 e. The van der Waals surface area contributed by atoms with Crippen molar-refractivity contribution in [2.24, 2.45) is 5.92 Å². The molecular formula is C14H20ClNO. The lowest BCUT2D eigenvalue weighted by molar-refractivity contribution is 0.341. The van der Waals surface area contributed by atoms with Crippen LogP contribution in [-0.4, -0.2) is 11.7 Å². The highest BCUT2D eigenvalue weighted by Gasteiger charge is 2.13. The van der Waals surface area contributed by atoms with Crippen molar-refractivity contribution < 1.29 is 5.11 Å². The van der Waals surface area contributed by atoms with Gasteiger partial charge in [-0.1, -0.05) is 36.9 Å². The predicted molar refractivity (Wildman–Crippen MR) is 71.4 cm³/mol. The highest BCUT2D eigenvalue weighted by Crippen LogP contribution is 2.26. The molecule has 1 aromatic carbocycles. The molecule has 0 spiro atoms. The molecule has 1 aliphatic rings. The molecule has 0 heterocycles. The summed E-state index contributed by atoms with van der Waals surface area (Å²) in [5, 5.41) is 13.8. The summed E-state index contributed by atoms with van der Waals surface area (Å²) in [6, 6.07) is 5.27. The highest BCUT2D eigenvalue weighted by atomic mass is 35.5. The minimum Gasteiger partial charge on any atom is -0.508 e. The Morgan fingerprint density at radius 2 is 2.00 bits per heavy atom. The molecule has 0 radical (unpaired) electrons. The second kappa shape index (κ2) is 6.27. The summed E-state index contributed by atoms with van der Waals surface area (Å²) in [4.78, 5) is 0. The summed E-state index contributed by atoms with van der Waals surface area (Å²) in [6.07, 6.45) is 6.79.